The Bertz CT molecular complexity index is 1390. The molecule has 11 heteroatoms. The molecule has 1 atom stereocenters. The summed E-state index contributed by atoms with van der Waals surface area (Å²) in [7, 11) is -4.28. The predicted octanol–water partition coefficient (Wildman–Crippen LogP) is 4.63. The van der Waals surface area contributed by atoms with Crippen molar-refractivity contribution in [1.82, 2.24) is 10.2 Å². The van der Waals surface area contributed by atoms with Crippen LogP contribution in [0.3, 0.4) is 0 Å². The summed E-state index contributed by atoms with van der Waals surface area (Å²) in [5.41, 5.74) is 0.674. The van der Waals surface area contributed by atoms with E-state index in [1.807, 2.05) is 6.92 Å². The molecule has 39 heavy (non-hydrogen) atoms. The Morgan fingerprint density at radius 3 is 2.23 bits per heavy atom. The second-order valence-electron chi connectivity index (χ2n) is 8.58. The lowest BCUT2D eigenvalue weighted by atomic mass is 10.1. The number of ether oxygens (including phenoxy) is 1. The predicted molar refractivity (Wildman–Crippen MR) is 149 cm³/mol. The van der Waals surface area contributed by atoms with Crippen molar-refractivity contribution >= 4 is 39.1 Å². The lowest BCUT2D eigenvalue weighted by molar-refractivity contribution is -0.139. The van der Waals surface area contributed by atoms with Gasteiger partial charge in [0.05, 0.1) is 17.2 Å². The van der Waals surface area contributed by atoms with Crippen LogP contribution < -0.4 is 14.4 Å². The van der Waals surface area contributed by atoms with Crippen molar-refractivity contribution < 1.29 is 27.1 Å². The van der Waals surface area contributed by atoms with E-state index < -0.39 is 40.2 Å². The number of nitrogens with zero attached hydrogens (tertiary/aromatic N) is 2. The van der Waals surface area contributed by atoms with Gasteiger partial charge in [-0.1, -0.05) is 29.8 Å². The Balaban J connectivity index is 2.02. The number of anilines is 1. The molecular weight excluding hydrogens is 545 g/mol. The molecule has 1 N–H and O–H groups in total. The number of sulfonamides is 1. The van der Waals surface area contributed by atoms with Crippen molar-refractivity contribution in [3.63, 3.8) is 0 Å². The first-order chi connectivity index (χ1) is 18.6. The van der Waals surface area contributed by atoms with Gasteiger partial charge in [0.1, 0.15) is 24.2 Å². The number of hydrogen-bond donors (Lipinski definition) is 1. The van der Waals surface area contributed by atoms with E-state index in [1.54, 1.807) is 38.1 Å². The first-order valence-corrected chi connectivity index (χ1v) is 14.2. The molecule has 3 aromatic carbocycles. The highest BCUT2D eigenvalue weighted by atomic mass is 35.5. The summed E-state index contributed by atoms with van der Waals surface area (Å²) in [4.78, 5) is 27.7. The molecule has 0 bridgehead atoms. The zero-order valence-electron chi connectivity index (χ0n) is 21.9. The zero-order chi connectivity index (χ0) is 28.6. The number of likely N-dealkylation sites (N-methyl/N-ethyl adjacent to an activating group) is 1. The van der Waals surface area contributed by atoms with Gasteiger partial charge in [0.25, 0.3) is 10.0 Å². The van der Waals surface area contributed by atoms with Crippen LogP contribution in [-0.4, -0.2) is 50.9 Å². The van der Waals surface area contributed by atoms with Crippen molar-refractivity contribution in [2.75, 3.05) is 24.0 Å². The van der Waals surface area contributed by atoms with E-state index in [4.69, 9.17) is 16.3 Å². The molecule has 0 saturated heterocycles. The number of hydrogen-bond acceptors (Lipinski definition) is 5. The fourth-order valence-corrected chi connectivity index (χ4v) is 5.46. The van der Waals surface area contributed by atoms with Gasteiger partial charge in [-0.2, -0.15) is 0 Å². The van der Waals surface area contributed by atoms with Crippen LogP contribution in [0.1, 0.15) is 26.3 Å². The molecule has 3 rings (SSSR count). The Hall–Kier alpha value is -3.63. The molecule has 3 aromatic rings. The summed E-state index contributed by atoms with van der Waals surface area (Å²) in [6.07, 6.45) is 0. The summed E-state index contributed by atoms with van der Waals surface area (Å²) < 4.78 is 47.6. The van der Waals surface area contributed by atoms with Crippen LogP contribution in [0, 0.1) is 5.82 Å². The molecule has 0 aliphatic carbocycles. The topological polar surface area (TPSA) is 96.0 Å². The van der Waals surface area contributed by atoms with Gasteiger partial charge in [-0.3, -0.25) is 13.9 Å². The van der Waals surface area contributed by atoms with Gasteiger partial charge in [0.15, 0.2) is 0 Å². The van der Waals surface area contributed by atoms with Crippen LogP contribution >= 0.6 is 11.6 Å². The Labute approximate surface area is 233 Å². The highest BCUT2D eigenvalue weighted by Gasteiger charge is 2.32. The molecule has 2 amide bonds. The smallest absolute Gasteiger partial charge is 0.264 e. The van der Waals surface area contributed by atoms with Crippen molar-refractivity contribution in [2.24, 2.45) is 0 Å². The number of amides is 2. The molecule has 0 heterocycles. The third kappa shape index (κ3) is 7.48. The number of benzene rings is 3. The van der Waals surface area contributed by atoms with Gasteiger partial charge in [-0.25, -0.2) is 12.8 Å². The average molecular weight is 576 g/mol. The van der Waals surface area contributed by atoms with Crippen LogP contribution in [0.15, 0.2) is 77.7 Å². The summed E-state index contributed by atoms with van der Waals surface area (Å²) in [6.45, 7) is 5.21. The van der Waals surface area contributed by atoms with Crippen LogP contribution in [0.5, 0.6) is 5.75 Å². The van der Waals surface area contributed by atoms with Crippen molar-refractivity contribution in [3.8, 4) is 5.75 Å². The molecule has 0 spiro atoms. The van der Waals surface area contributed by atoms with E-state index in [0.717, 1.165) is 16.4 Å². The number of halogens is 2. The fourth-order valence-electron chi connectivity index (χ4n) is 3.85. The number of carbonyl (C=O) groups is 2. The first-order valence-electron chi connectivity index (χ1n) is 12.4. The SMILES string of the molecule is CCNC(=O)[C@@H](C)N(Cc1ccccc1Cl)C(=O)CN(c1ccc(F)cc1)S(=O)(=O)c1ccc(OCC)cc1. The quantitative estimate of drug-likeness (QED) is 0.340. The third-order valence-corrected chi connectivity index (χ3v) is 8.09. The first kappa shape index (κ1) is 29.9. The van der Waals surface area contributed by atoms with Gasteiger partial charge in [-0.15, -0.1) is 0 Å². The monoisotopic (exact) mass is 575 g/mol. The van der Waals surface area contributed by atoms with E-state index in [-0.39, 0.29) is 17.1 Å². The number of nitrogens with one attached hydrogen (secondary N) is 1. The summed E-state index contributed by atoms with van der Waals surface area (Å²) in [5.74, 6) is -1.12. The van der Waals surface area contributed by atoms with Crippen LogP contribution in [0.2, 0.25) is 5.02 Å². The van der Waals surface area contributed by atoms with Crippen LogP contribution in [0.25, 0.3) is 0 Å². The normalized spacial score (nSPS) is 11.9. The number of rotatable bonds is 12. The molecule has 0 aliphatic heterocycles. The second-order valence-corrected chi connectivity index (χ2v) is 10.8. The van der Waals surface area contributed by atoms with E-state index in [2.05, 4.69) is 5.32 Å². The summed E-state index contributed by atoms with van der Waals surface area (Å²) >= 11 is 6.33. The maximum Gasteiger partial charge on any atom is 0.264 e. The molecule has 0 fully saturated rings. The maximum atomic E-state index is 13.8. The van der Waals surface area contributed by atoms with Gasteiger partial charge in [0.2, 0.25) is 11.8 Å². The molecular formula is C28H31ClFN3O5S. The maximum absolute atomic E-state index is 13.8. The number of carbonyl (C=O) groups excluding carboxylic acids is 2. The highest BCUT2D eigenvalue weighted by Crippen LogP contribution is 2.27. The Morgan fingerprint density at radius 1 is 1.00 bits per heavy atom. The lowest BCUT2D eigenvalue weighted by Crippen LogP contribution is -2.51. The van der Waals surface area contributed by atoms with E-state index in [0.29, 0.717) is 29.5 Å². The van der Waals surface area contributed by atoms with Crippen molar-refractivity contribution in [3.05, 3.63) is 89.2 Å². The zero-order valence-corrected chi connectivity index (χ0v) is 23.5. The Kier molecular flexibility index (Phi) is 10.3. The van der Waals surface area contributed by atoms with Gasteiger partial charge < -0.3 is 15.0 Å². The minimum atomic E-state index is -4.28. The fraction of sp³-hybridized carbons (Fsp3) is 0.286. The average Bonchev–Trinajstić information content (AvgIpc) is 2.92. The van der Waals surface area contributed by atoms with Gasteiger partial charge in [0, 0.05) is 18.1 Å². The summed E-state index contributed by atoms with van der Waals surface area (Å²) in [6, 6.07) is 16.5. The lowest BCUT2D eigenvalue weighted by Gasteiger charge is -2.32. The van der Waals surface area contributed by atoms with E-state index >= 15 is 0 Å². The van der Waals surface area contributed by atoms with Crippen molar-refractivity contribution in [2.45, 2.75) is 38.3 Å². The highest BCUT2D eigenvalue weighted by molar-refractivity contribution is 7.92. The molecule has 208 valence electrons. The molecule has 0 radical (unpaired) electrons. The molecule has 0 aliphatic rings. The van der Waals surface area contributed by atoms with E-state index in [9.17, 15) is 22.4 Å². The largest absolute Gasteiger partial charge is 0.494 e. The molecule has 0 saturated carbocycles. The molecule has 0 aromatic heterocycles. The van der Waals surface area contributed by atoms with Gasteiger partial charge >= 0.3 is 0 Å². The standard InChI is InChI=1S/C28H31ClFN3O5S/c1-4-31-28(35)20(3)32(18-21-8-6-7-9-26(21)29)27(34)19-33(23-12-10-22(30)11-13-23)39(36,37)25-16-14-24(15-17-25)38-5-2/h6-17,20H,4-5,18-19H2,1-3H3,(H,31,35)/t20-/m1/s1. The van der Waals surface area contributed by atoms with E-state index in [1.165, 1.54) is 41.3 Å². The Morgan fingerprint density at radius 2 is 1.64 bits per heavy atom. The third-order valence-electron chi connectivity index (χ3n) is 5.93. The summed E-state index contributed by atoms with van der Waals surface area (Å²) in [5, 5.41) is 3.09. The molecule has 8 nitrogen and oxygen atoms in total. The van der Waals surface area contributed by atoms with Crippen LogP contribution in [-0.2, 0) is 26.2 Å². The minimum Gasteiger partial charge on any atom is -0.494 e. The van der Waals surface area contributed by atoms with Gasteiger partial charge in [-0.05, 0) is 80.9 Å². The van der Waals surface area contributed by atoms with Crippen molar-refractivity contribution in [1.29, 1.82) is 0 Å². The second kappa shape index (κ2) is 13.4. The molecule has 0 unspecified atom stereocenters. The van der Waals surface area contributed by atoms with Crippen LogP contribution in [0.4, 0.5) is 10.1 Å². The minimum absolute atomic E-state index is 0.0306.